The minimum atomic E-state index is -1.07. The maximum Gasteiger partial charge on any atom is 0.337 e. The second-order valence-electron chi connectivity index (χ2n) is 7.65. The standard InChI is InChI=1S/C24H28N2O6/c1-17(18-8-10-19(11-9-18)22(28)30-2)25-23(29)24(12-14-31-15-13-24)26-21(27)16-32-20-6-4-3-5-7-20/h3-11,17H,12-16H2,1-2H3,(H,25,29)(H,26,27). The lowest BCUT2D eigenvalue weighted by Crippen LogP contribution is -2.62. The molecule has 3 rings (SSSR count). The molecule has 1 unspecified atom stereocenters. The van der Waals surface area contributed by atoms with E-state index >= 15 is 0 Å². The van der Waals surface area contributed by atoms with E-state index in [0.29, 0.717) is 37.4 Å². The molecule has 0 aromatic heterocycles. The van der Waals surface area contributed by atoms with Crippen molar-refractivity contribution in [3.8, 4) is 5.75 Å². The van der Waals surface area contributed by atoms with Crippen molar-refractivity contribution in [2.75, 3.05) is 26.9 Å². The fourth-order valence-corrected chi connectivity index (χ4v) is 3.54. The van der Waals surface area contributed by atoms with E-state index in [-0.39, 0.29) is 24.5 Å². The van der Waals surface area contributed by atoms with Gasteiger partial charge in [-0.1, -0.05) is 30.3 Å². The molecular weight excluding hydrogens is 412 g/mol. The van der Waals surface area contributed by atoms with E-state index in [2.05, 4.69) is 10.6 Å². The van der Waals surface area contributed by atoms with Gasteiger partial charge in [0.2, 0.25) is 5.91 Å². The summed E-state index contributed by atoms with van der Waals surface area (Å²) in [7, 11) is 1.33. The maximum absolute atomic E-state index is 13.2. The van der Waals surface area contributed by atoms with Crippen molar-refractivity contribution in [1.82, 2.24) is 10.6 Å². The molecular formula is C24H28N2O6. The van der Waals surface area contributed by atoms with Gasteiger partial charge in [-0.2, -0.15) is 0 Å². The van der Waals surface area contributed by atoms with E-state index in [1.165, 1.54) is 7.11 Å². The first kappa shape index (κ1) is 23.3. The van der Waals surface area contributed by atoms with Gasteiger partial charge in [0.1, 0.15) is 11.3 Å². The number of para-hydroxylation sites is 1. The van der Waals surface area contributed by atoms with Crippen LogP contribution in [0.4, 0.5) is 0 Å². The average Bonchev–Trinajstić information content (AvgIpc) is 2.83. The van der Waals surface area contributed by atoms with Crippen molar-refractivity contribution < 1.29 is 28.6 Å². The van der Waals surface area contributed by atoms with Crippen LogP contribution in [-0.2, 0) is 19.1 Å². The Bertz CT molecular complexity index is 923. The lowest BCUT2D eigenvalue weighted by atomic mass is 9.88. The van der Waals surface area contributed by atoms with E-state index in [1.807, 2.05) is 25.1 Å². The van der Waals surface area contributed by atoms with Gasteiger partial charge in [0.05, 0.1) is 18.7 Å². The Morgan fingerprint density at radius 1 is 1.03 bits per heavy atom. The van der Waals surface area contributed by atoms with Gasteiger partial charge in [-0.25, -0.2) is 4.79 Å². The lowest BCUT2D eigenvalue weighted by Gasteiger charge is -2.37. The molecule has 0 bridgehead atoms. The summed E-state index contributed by atoms with van der Waals surface area (Å²) in [6.07, 6.45) is 0.730. The highest BCUT2D eigenvalue weighted by molar-refractivity contribution is 5.92. The molecule has 1 heterocycles. The summed E-state index contributed by atoms with van der Waals surface area (Å²) in [6.45, 7) is 2.40. The normalized spacial score (nSPS) is 15.8. The fourth-order valence-electron chi connectivity index (χ4n) is 3.54. The predicted octanol–water partition coefficient (Wildman–Crippen LogP) is 2.39. The van der Waals surface area contributed by atoms with Crippen molar-refractivity contribution in [3.63, 3.8) is 0 Å². The van der Waals surface area contributed by atoms with Crippen LogP contribution in [0.25, 0.3) is 0 Å². The largest absolute Gasteiger partial charge is 0.484 e. The first-order chi connectivity index (χ1) is 15.4. The van der Waals surface area contributed by atoms with Crippen molar-refractivity contribution >= 4 is 17.8 Å². The number of rotatable bonds is 8. The summed E-state index contributed by atoms with van der Waals surface area (Å²) in [6, 6.07) is 15.5. The summed E-state index contributed by atoms with van der Waals surface area (Å²) in [4.78, 5) is 37.4. The number of ether oxygens (including phenoxy) is 3. The molecule has 1 aliphatic heterocycles. The molecule has 1 saturated heterocycles. The minimum absolute atomic E-state index is 0.190. The Morgan fingerprint density at radius 2 is 1.69 bits per heavy atom. The van der Waals surface area contributed by atoms with E-state index in [0.717, 1.165) is 5.56 Å². The summed E-state index contributed by atoms with van der Waals surface area (Å²) < 4.78 is 15.6. The van der Waals surface area contributed by atoms with Gasteiger partial charge in [-0.15, -0.1) is 0 Å². The maximum atomic E-state index is 13.2. The predicted molar refractivity (Wildman–Crippen MR) is 117 cm³/mol. The number of benzene rings is 2. The van der Waals surface area contributed by atoms with Crippen LogP contribution in [0.2, 0.25) is 0 Å². The molecule has 8 nitrogen and oxygen atoms in total. The van der Waals surface area contributed by atoms with Gasteiger partial charge < -0.3 is 24.8 Å². The van der Waals surface area contributed by atoms with E-state index < -0.39 is 11.5 Å². The number of amides is 2. The molecule has 2 amide bonds. The molecule has 0 aliphatic carbocycles. The van der Waals surface area contributed by atoms with Crippen molar-refractivity contribution in [2.45, 2.75) is 31.3 Å². The number of nitrogens with one attached hydrogen (secondary N) is 2. The van der Waals surface area contributed by atoms with Crippen LogP contribution in [0.15, 0.2) is 54.6 Å². The summed E-state index contributed by atoms with van der Waals surface area (Å²) in [5, 5.41) is 5.86. The fraction of sp³-hybridized carbons (Fsp3) is 0.375. The zero-order chi connectivity index (χ0) is 23.0. The van der Waals surface area contributed by atoms with Crippen LogP contribution in [0.5, 0.6) is 5.75 Å². The molecule has 0 radical (unpaired) electrons. The lowest BCUT2D eigenvalue weighted by molar-refractivity contribution is -0.138. The zero-order valence-corrected chi connectivity index (χ0v) is 18.3. The molecule has 170 valence electrons. The number of carbonyl (C=O) groups excluding carboxylic acids is 3. The Kier molecular flexibility index (Phi) is 7.83. The molecule has 2 aromatic carbocycles. The summed E-state index contributed by atoms with van der Waals surface area (Å²) in [5.74, 6) is -0.494. The zero-order valence-electron chi connectivity index (χ0n) is 18.3. The van der Waals surface area contributed by atoms with Gasteiger partial charge in [-0.3, -0.25) is 9.59 Å². The Morgan fingerprint density at radius 3 is 2.31 bits per heavy atom. The first-order valence-electron chi connectivity index (χ1n) is 10.5. The number of methoxy groups -OCH3 is 1. The van der Waals surface area contributed by atoms with Crippen molar-refractivity contribution in [3.05, 3.63) is 65.7 Å². The summed E-state index contributed by atoms with van der Waals surface area (Å²) in [5.41, 5.74) is 0.184. The van der Waals surface area contributed by atoms with Crippen LogP contribution < -0.4 is 15.4 Å². The molecule has 1 fully saturated rings. The molecule has 2 aromatic rings. The quantitative estimate of drug-likeness (QED) is 0.611. The van der Waals surface area contributed by atoms with E-state index in [4.69, 9.17) is 14.2 Å². The third-order valence-electron chi connectivity index (χ3n) is 5.45. The molecule has 32 heavy (non-hydrogen) atoms. The molecule has 1 atom stereocenters. The topological polar surface area (TPSA) is 103 Å². The van der Waals surface area contributed by atoms with Gasteiger partial charge in [0.25, 0.3) is 5.91 Å². The molecule has 8 heteroatoms. The number of carbonyl (C=O) groups is 3. The van der Waals surface area contributed by atoms with E-state index in [9.17, 15) is 14.4 Å². The highest BCUT2D eigenvalue weighted by Gasteiger charge is 2.42. The second-order valence-corrected chi connectivity index (χ2v) is 7.65. The number of hydrogen-bond acceptors (Lipinski definition) is 6. The van der Waals surface area contributed by atoms with Crippen molar-refractivity contribution in [2.24, 2.45) is 0 Å². The molecule has 2 N–H and O–H groups in total. The smallest absolute Gasteiger partial charge is 0.337 e. The Labute approximate surface area is 187 Å². The van der Waals surface area contributed by atoms with Crippen LogP contribution in [0.3, 0.4) is 0 Å². The SMILES string of the molecule is COC(=O)c1ccc(C(C)NC(=O)C2(NC(=O)COc3ccccc3)CCOCC2)cc1. The number of esters is 1. The third kappa shape index (κ3) is 5.85. The second kappa shape index (κ2) is 10.8. The van der Waals surface area contributed by atoms with Crippen LogP contribution in [0.1, 0.15) is 41.7 Å². The third-order valence-corrected chi connectivity index (χ3v) is 5.45. The van der Waals surface area contributed by atoms with Gasteiger partial charge in [0.15, 0.2) is 6.61 Å². The van der Waals surface area contributed by atoms with Gasteiger partial charge in [-0.05, 0) is 36.8 Å². The van der Waals surface area contributed by atoms with Gasteiger partial charge >= 0.3 is 5.97 Å². The highest BCUT2D eigenvalue weighted by Crippen LogP contribution is 2.23. The highest BCUT2D eigenvalue weighted by atomic mass is 16.5. The Hall–Kier alpha value is -3.39. The summed E-state index contributed by atoms with van der Waals surface area (Å²) >= 11 is 0. The first-order valence-corrected chi connectivity index (χ1v) is 10.5. The number of hydrogen-bond donors (Lipinski definition) is 2. The average molecular weight is 440 g/mol. The van der Waals surface area contributed by atoms with Crippen LogP contribution in [-0.4, -0.2) is 50.3 Å². The van der Waals surface area contributed by atoms with Crippen LogP contribution in [0, 0.1) is 0 Å². The molecule has 0 spiro atoms. The van der Waals surface area contributed by atoms with Crippen LogP contribution >= 0.6 is 0 Å². The monoisotopic (exact) mass is 440 g/mol. The van der Waals surface area contributed by atoms with Gasteiger partial charge in [0, 0.05) is 26.1 Å². The Balaban J connectivity index is 1.64. The molecule has 1 aliphatic rings. The minimum Gasteiger partial charge on any atom is -0.484 e. The van der Waals surface area contributed by atoms with E-state index in [1.54, 1.807) is 36.4 Å². The van der Waals surface area contributed by atoms with Crippen molar-refractivity contribution in [1.29, 1.82) is 0 Å². The molecule has 0 saturated carbocycles.